The van der Waals surface area contributed by atoms with Gasteiger partial charge in [-0.2, -0.15) is 0 Å². The Kier molecular flexibility index (Phi) is 3.84. The van der Waals surface area contributed by atoms with Crippen molar-refractivity contribution in [3.05, 3.63) is 46.6 Å². The Labute approximate surface area is 131 Å². The number of hydrogen-bond donors (Lipinski definition) is 0. The largest absolute Gasteiger partial charge is 0.378 e. The van der Waals surface area contributed by atoms with Gasteiger partial charge in [-0.1, -0.05) is 18.2 Å². The molecule has 0 N–H and O–H groups in total. The number of likely N-dealkylation sites (N-methyl/N-ethyl adjacent to an activating group) is 2. The lowest BCUT2D eigenvalue weighted by atomic mass is 9.86. The molecule has 4 heteroatoms. The van der Waals surface area contributed by atoms with Gasteiger partial charge in [0.2, 0.25) is 0 Å². The Bertz CT molecular complexity index is 584. The zero-order valence-corrected chi connectivity index (χ0v) is 13.9. The number of hydrogen-bond acceptors (Lipinski definition) is 4. The van der Waals surface area contributed by atoms with E-state index in [2.05, 4.69) is 54.3 Å². The maximum atomic E-state index is 12.7. The summed E-state index contributed by atoms with van der Waals surface area (Å²) >= 11 is 1.84. The molecule has 1 fully saturated rings. The van der Waals surface area contributed by atoms with Crippen LogP contribution in [0.4, 0.5) is 0 Å². The summed E-state index contributed by atoms with van der Waals surface area (Å²) in [6, 6.07) is 0.400. The molecule has 1 heterocycles. The van der Waals surface area contributed by atoms with Gasteiger partial charge in [-0.05, 0) is 32.7 Å². The fourth-order valence-electron chi connectivity index (χ4n) is 2.96. The van der Waals surface area contributed by atoms with E-state index in [0.29, 0.717) is 6.04 Å². The van der Waals surface area contributed by atoms with Gasteiger partial charge in [-0.3, -0.25) is 4.79 Å². The van der Waals surface area contributed by atoms with Crippen molar-refractivity contribution in [1.82, 2.24) is 9.80 Å². The molecule has 0 aromatic heterocycles. The van der Waals surface area contributed by atoms with Gasteiger partial charge < -0.3 is 9.80 Å². The van der Waals surface area contributed by atoms with Crippen molar-refractivity contribution in [2.24, 2.45) is 5.92 Å². The summed E-state index contributed by atoms with van der Waals surface area (Å²) in [5.74, 6) is 0.283. The maximum Gasteiger partial charge on any atom is 0.171 e. The second-order valence-electron chi connectivity index (χ2n) is 6.23. The van der Waals surface area contributed by atoms with Crippen LogP contribution in [-0.4, -0.2) is 55.1 Å². The lowest BCUT2D eigenvalue weighted by molar-refractivity contribution is -0.117. The Morgan fingerprint density at radius 2 is 1.95 bits per heavy atom. The van der Waals surface area contributed by atoms with Gasteiger partial charge in [-0.25, -0.2) is 0 Å². The van der Waals surface area contributed by atoms with E-state index in [4.69, 9.17) is 0 Å². The van der Waals surface area contributed by atoms with E-state index >= 15 is 0 Å². The van der Waals surface area contributed by atoms with Crippen LogP contribution >= 0.6 is 11.8 Å². The molecule has 3 unspecified atom stereocenters. The molecule has 0 spiro atoms. The van der Waals surface area contributed by atoms with Crippen molar-refractivity contribution in [1.29, 1.82) is 0 Å². The lowest BCUT2D eigenvalue weighted by Crippen LogP contribution is -2.35. The van der Waals surface area contributed by atoms with Crippen LogP contribution in [0.2, 0.25) is 0 Å². The highest BCUT2D eigenvalue weighted by Crippen LogP contribution is 2.45. The molecular weight excluding hydrogens is 280 g/mol. The molecule has 0 amide bonds. The molecule has 3 rings (SSSR count). The van der Waals surface area contributed by atoms with E-state index in [1.54, 1.807) is 0 Å². The van der Waals surface area contributed by atoms with Crippen LogP contribution in [0.5, 0.6) is 0 Å². The SMILES string of the molecule is CN(C)C1=CC2SC3=CC(N(C)C)CC=C3C(=O)C2C=C1. The normalized spacial score (nSPS) is 31.2. The number of allylic oxidation sites excluding steroid dienone is 3. The smallest absolute Gasteiger partial charge is 0.171 e. The number of carbonyl (C=O) groups is 1. The topological polar surface area (TPSA) is 23.6 Å². The molecule has 1 saturated heterocycles. The summed E-state index contributed by atoms with van der Waals surface area (Å²) < 4.78 is 0. The average molecular weight is 302 g/mol. The highest BCUT2D eigenvalue weighted by molar-refractivity contribution is 8.04. The maximum absolute atomic E-state index is 12.7. The third-order valence-corrected chi connectivity index (χ3v) is 5.66. The van der Waals surface area contributed by atoms with Crippen LogP contribution in [-0.2, 0) is 4.79 Å². The van der Waals surface area contributed by atoms with Gasteiger partial charge in [0.1, 0.15) is 0 Å². The zero-order chi connectivity index (χ0) is 15.1. The molecule has 1 aliphatic heterocycles. The average Bonchev–Trinajstić information content (AvgIpc) is 2.46. The highest BCUT2D eigenvalue weighted by atomic mass is 32.2. The van der Waals surface area contributed by atoms with E-state index in [0.717, 1.165) is 16.9 Å². The molecule has 0 saturated carbocycles. The van der Waals surface area contributed by atoms with Gasteiger partial charge in [0.25, 0.3) is 0 Å². The van der Waals surface area contributed by atoms with Gasteiger partial charge in [0, 0.05) is 41.6 Å². The second-order valence-corrected chi connectivity index (χ2v) is 7.45. The molecule has 0 radical (unpaired) electrons. The first-order valence-electron chi connectivity index (χ1n) is 7.34. The second kappa shape index (κ2) is 5.50. The minimum absolute atomic E-state index is 0.00185. The summed E-state index contributed by atoms with van der Waals surface area (Å²) in [5, 5.41) is 0.226. The zero-order valence-electron chi connectivity index (χ0n) is 13.0. The van der Waals surface area contributed by atoms with Crippen LogP contribution < -0.4 is 0 Å². The molecule has 2 aliphatic carbocycles. The predicted octanol–water partition coefficient (Wildman–Crippen LogP) is 2.45. The third-order valence-electron chi connectivity index (χ3n) is 4.35. The number of fused-ring (bicyclic) bond motifs is 2. The molecule has 3 aliphatic rings. The summed E-state index contributed by atoms with van der Waals surface area (Å²) in [5.41, 5.74) is 2.12. The Morgan fingerprint density at radius 3 is 2.62 bits per heavy atom. The van der Waals surface area contributed by atoms with Gasteiger partial charge >= 0.3 is 0 Å². The summed E-state index contributed by atoms with van der Waals surface area (Å²) in [7, 11) is 8.26. The highest BCUT2D eigenvalue weighted by Gasteiger charge is 2.38. The van der Waals surface area contributed by atoms with E-state index in [1.807, 2.05) is 25.9 Å². The van der Waals surface area contributed by atoms with Crippen LogP contribution in [0, 0.1) is 5.92 Å². The van der Waals surface area contributed by atoms with Crippen molar-refractivity contribution in [3.8, 4) is 0 Å². The standard InChI is InChI=1S/C17H22N2OS/c1-18(2)11-5-7-13-15(9-11)21-16-10-12(19(3)4)6-8-14(16)17(13)20/h5,7-10,12-13,15H,6H2,1-4H3. The molecule has 112 valence electrons. The third kappa shape index (κ3) is 2.62. The van der Waals surface area contributed by atoms with Gasteiger partial charge in [-0.15, -0.1) is 11.8 Å². The fourth-order valence-corrected chi connectivity index (χ4v) is 4.37. The quantitative estimate of drug-likeness (QED) is 0.782. The van der Waals surface area contributed by atoms with E-state index in [9.17, 15) is 4.79 Å². The summed E-state index contributed by atoms with van der Waals surface area (Å²) in [6.45, 7) is 0. The summed E-state index contributed by atoms with van der Waals surface area (Å²) in [4.78, 5) is 18.2. The molecule has 0 aromatic carbocycles. The number of thioether (sulfide) groups is 1. The Hall–Kier alpha value is -1.26. The van der Waals surface area contributed by atoms with Gasteiger partial charge in [0.05, 0.1) is 5.92 Å². The van der Waals surface area contributed by atoms with E-state index in [1.165, 1.54) is 5.70 Å². The first-order valence-corrected chi connectivity index (χ1v) is 8.22. The van der Waals surface area contributed by atoms with Crippen LogP contribution in [0.1, 0.15) is 6.42 Å². The number of Topliss-reactive ketones (excluding diaryl/α,β-unsaturated/α-hetero) is 1. The van der Waals surface area contributed by atoms with Crippen LogP contribution in [0.3, 0.4) is 0 Å². The monoisotopic (exact) mass is 302 g/mol. The first kappa shape index (κ1) is 14.7. The Balaban J connectivity index is 1.90. The first-order chi connectivity index (χ1) is 9.97. The van der Waals surface area contributed by atoms with E-state index in [-0.39, 0.29) is 17.0 Å². The van der Waals surface area contributed by atoms with Crippen LogP contribution in [0.25, 0.3) is 0 Å². The predicted molar refractivity (Wildman–Crippen MR) is 89.0 cm³/mol. The molecule has 21 heavy (non-hydrogen) atoms. The minimum atomic E-state index is -0.00185. The van der Waals surface area contributed by atoms with Crippen molar-refractivity contribution in [3.63, 3.8) is 0 Å². The fraction of sp³-hybridized carbons (Fsp3) is 0.471. The number of ketones is 1. The lowest BCUT2D eigenvalue weighted by Gasteiger charge is -2.36. The van der Waals surface area contributed by atoms with Crippen LogP contribution in [0.15, 0.2) is 46.6 Å². The molecule has 3 atom stereocenters. The number of carbonyl (C=O) groups excluding carboxylic acids is 1. The van der Waals surface area contributed by atoms with Crippen molar-refractivity contribution >= 4 is 17.5 Å². The van der Waals surface area contributed by atoms with Crippen molar-refractivity contribution < 1.29 is 4.79 Å². The van der Waals surface area contributed by atoms with Crippen molar-refractivity contribution in [2.45, 2.75) is 17.7 Å². The summed E-state index contributed by atoms with van der Waals surface area (Å²) in [6.07, 6.45) is 11.7. The minimum Gasteiger partial charge on any atom is -0.378 e. The molecule has 0 aromatic rings. The van der Waals surface area contributed by atoms with E-state index < -0.39 is 0 Å². The number of nitrogens with zero attached hydrogens (tertiary/aromatic N) is 2. The molecule has 0 bridgehead atoms. The van der Waals surface area contributed by atoms with Gasteiger partial charge in [0.15, 0.2) is 5.78 Å². The van der Waals surface area contributed by atoms with Crippen molar-refractivity contribution in [2.75, 3.05) is 28.2 Å². The molecule has 3 nitrogen and oxygen atoms in total. The molecular formula is C17H22N2OS. The number of rotatable bonds is 2. The Morgan fingerprint density at radius 1 is 1.19 bits per heavy atom.